The molecule has 1 aliphatic rings. The lowest BCUT2D eigenvalue weighted by Gasteiger charge is -2.22. The number of aliphatic hydroxyl groups is 1. The molecule has 1 aliphatic heterocycles. The summed E-state index contributed by atoms with van der Waals surface area (Å²) >= 11 is 0. The fourth-order valence-corrected chi connectivity index (χ4v) is 0.720. The van der Waals surface area contributed by atoms with Gasteiger partial charge in [0.1, 0.15) is 0 Å². The van der Waals surface area contributed by atoms with Crippen molar-refractivity contribution in [3.8, 4) is 0 Å². The molecule has 6 heteroatoms. The Hall–Kier alpha value is -1.43. The average Bonchev–Trinajstić information content (AvgIpc) is 2.04. The summed E-state index contributed by atoms with van der Waals surface area (Å²) in [4.78, 5) is 24.6. The first-order valence-electron chi connectivity index (χ1n) is 2.85. The molecule has 6 nitrogen and oxygen atoms in total. The summed E-state index contributed by atoms with van der Waals surface area (Å²) in [6.45, 7) is 1.21. The molecule has 0 aromatic rings. The number of nitrogens with zero attached hydrogens (tertiary/aromatic N) is 2. The number of hydrogen-bond acceptors (Lipinski definition) is 4. The summed E-state index contributed by atoms with van der Waals surface area (Å²) in [5.74, 6) is -0.269. The first-order valence-corrected chi connectivity index (χ1v) is 2.85. The number of amides is 3. The van der Waals surface area contributed by atoms with E-state index in [1.54, 1.807) is 0 Å². The third kappa shape index (κ3) is 0.874. The molecule has 0 saturated carbocycles. The van der Waals surface area contributed by atoms with Gasteiger partial charge in [0.25, 0.3) is 0 Å². The predicted octanol–water partition coefficient (Wildman–Crippen LogP) is -1.36. The van der Waals surface area contributed by atoms with E-state index in [1.165, 1.54) is 6.92 Å². The number of hydrogen-bond donors (Lipinski definition) is 2. The van der Waals surface area contributed by atoms with E-state index in [1.807, 2.05) is 0 Å². The lowest BCUT2D eigenvalue weighted by atomic mass is 10.2. The number of imide groups is 1. The van der Waals surface area contributed by atoms with Gasteiger partial charge in [-0.2, -0.15) is 4.99 Å². The average molecular weight is 157 g/mol. The Kier molecular flexibility index (Phi) is 1.41. The van der Waals surface area contributed by atoms with Gasteiger partial charge in [-0.25, -0.2) is 9.69 Å². The Morgan fingerprint density at radius 3 is 2.55 bits per heavy atom. The monoisotopic (exact) mass is 157 g/mol. The van der Waals surface area contributed by atoms with Crippen LogP contribution in [0.25, 0.3) is 0 Å². The van der Waals surface area contributed by atoms with Gasteiger partial charge in [0.2, 0.25) is 12.1 Å². The summed E-state index contributed by atoms with van der Waals surface area (Å²) < 4.78 is 0. The van der Waals surface area contributed by atoms with Gasteiger partial charge < -0.3 is 10.8 Å². The van der Waals surface area contributed by atoms with Crippen molar-refractivity contribution in [2.75, 3.05) is 0 Å². The van der Waals surface area contributed by atoms with Gasteiger partial charge in [-0.3, -0.25) is 4.79 Å². The zero-order valence-electron chi connectivity index (χ0n) is 5.81. The van der Waals surface area contributed by atoms with Crippen LogP contribution in [0.1, 0.15) is 6.92 Å². The van der Waals surface area contributed by atoms with Gasteiger partial charge in [-0.1, -0.05) is 0 Å². The number of aliphatic imine (C=N–C) groups is 1. The largest absolute Gasteiger partial charge is 0.383 e. The van der Waals surface area contributed by atoms with Gasteiger partial charge in [0.05, 0.1) is 0 Å². The molecule has 0 radical (unpaired) electrons. The Morgan fingerprint density at radius 2 is 2.36 bits per heavy atom. The minimum atomic E-state index is -1.77. The molecule has 0 spiro atoms. The lowest BCUT2D eigenvalue weighted by Crippen LogP contribution is -2.51. The van der Waals surface area contributed by atoms with Crippen molar-refractivity contribution in [2.24, 2.45) is 10.7 Å². The fraction of sp³-hybridized carbons (Fsp3) is 0.400. The minimum Gasteiger partial charge on any atom is -0.383 e. The highest BCUT2D eigenvalue weighted by Crippen LogP contribution is 2.17. The van der Waals surface area contributed by atoms with E-state index in [4.69, 9.17) is 5.73 Å². The van der Waals surface area contributed by atoms with Crippen LogP contribution in [0.4, 0.5) is 4.79 Å². The minimum absolute atomic E-state index is 0.186. The molecule has 1 rings (SSSR count). The zero-order chi connectivity index (χ0) is 8.65. The molecule has 1 unspecified atom stereocenters. The SMILES string of the molecule is CC1(O)C(N)=NC(=O)N1C=O. The number of carbonyl (C=O) groups is 2. The van der Waals surface area contributed by atoms with Gasteiger partial charge in [-0.05, 0) is 6.92 Å². The van der Waals surface area contributed by atoms with Crippen molar-refractivity contribution in [3.63, 3.8) is 0 Å². The Balaban J connectivity index is 3.05. The van der Waals surface area contributed by atoms with Crippen LogP contribution in [0.5, 0.6) is 0 Å². The van der Waals surface area contributed by atoms with Crippen LogP contribution in [-0.2, 0) is 4.79 Å². The van der Waals surface area contributed by atoms with Crippen molar-refractivity contribution in [1.82, 2.24) is 4.90 Å². The molecule has 1 atom stereocenters. The second-order valence-electron chi connectivity index (χ2n) is 2.28. The van der Waals surface area contributed by atoms with Crippen LogP contribution in [0.2, 0.25) is 0 Å². The highest BCUT2D eigenvalue weighted by molar-refractivity contribution is 6.08. The van der Waals surface area contributed by atoms with Gasteiger partial charge >= 0.3 is 6.03 Å². The molecular weight excluding hydrogens is 150 g/mol. The van der Waals surface area contributed by atoms with Crippen LogP contribution >= 0.6 is 0 Å². The van der Waals surface area contributed by atoms with Crippen molar-refractivity contribution in [2.45, 2.75) is 12.6 Å². The fourth-order valence-electron chi connectivity index (χ4n) is 0.720. The number of carbonyl (C=O) groups excluding carboxylic acids is 2. The topological polar surface area (TPSA) is 96.0 Å². The third-order valence-electron chi connectivity index (χ3n) is 1.48. The maximum atomic E-state index is 10.7. The van der Waals surface area contributed by atoms with E-state index in [-0.39, 0.29) is 12.2 Å². The molecule has 0 aromatic carbocycles. The molecule has 11 heavy (non-hydrogen) atoms. The molecule has 1 heterocycles. The predicted molar refractivity (Wildman–Crippen MR) is 35.5 cm³/mol. The van der Waals surface area contributed by atoms with Gasteiger partial charge in [0, 0.05) is 0 Å². The quantitative estimate of drug-likeness (QED) is 0.459. The molecule has 0 fully saturated rings. The van der Waals surface area contributed by atoms with E-state index in [2.05, 4.69) is 4.99 Å². The van der Waals surface area contributed by atoms with E-state index in [0.717, 1.165) is 0 Å². The molecule has 0 aromatic heterocycles. The summed E-state index contributed by atoms with van der Waals surface area (Å²) in [6, 6.07) is -0.845. The van der Waals surface area contributed by atoms with Crippen LogP contribution in [0.15, 0.2) is 4.99 Å². The summed E-state index contributed by atoms with van der Waals surface area (Å²) in [6.07, 6.45) is 0.186. The molecular formula is C5H7N3O3. The van der Waals surface area contributed by atoms with Crippen molar-refractivity contribution in [3.05, 3.63) is 0 Å². The standard InChI is InChI=1S/C5H7N3O3/c1-5(11)3(6)7-4(10)8(5)2-9/h2,11H,1H3,(H2,6,7,10). The lowest BCUT2D eigenvalue weighted by molar-refractivity contribution is -0.124. The van der Waals surface area contributed by atoms with Crippen LogP contribution in [0, 0.1) is 0 Å². The second-order valence-corrected chi connectivity index (χ2v) is 2.28. The van der Waals surface area contributed by atoms with E-state index < -0.39 is 11.8 Å². The maximum absolute atomic E-state index is 10.7. The highest BCUT2D eigenvalue weighted by Gasteiger charge is 2.42. The highest BCUT2D eigenvalue weighted by atomic mass is 16.3. The van der Waals surface area contributed by atoms with Gasteiger partial charge in [-0.15, -0.1) is 0 Å². The molecule has 3 N–H and O–H groups in total. The molecule has 0 saturated heterocycles. The smallest absolute Gasteiger partial charge is 0.354 e. The normalized spacial score (nSPS) is 30.5. The number of nitrogens with two attached hydrogens (primary N) is 1. The van der Waals surface area contributed by atoms with Crippen LogP contribution < -0.4 is 5.73 Å². The van der Waals surface area contributed by atoms with Gasteiger partial charge in [0.15, 0.2) is 5.84 Å². The van der Waals surface area contributed by atoms with E-state index in [0.29, 0.717) is 4.90 Å². The third-order valence-corrected chi connectivity index (χ3v) is 1.48. The van der Waals surface area contributed by atoms with E-state index >= 15 is 0 Å². The summed E-state index contributed by atoms with van der Waals surface area (Å²) in [7, 11) is 0. The first kappa shape index (κ1) is 7.67. The summed E-state index contributed by atoms with van der Waals surface area (Å²) in [5, 5.41) is 9.31. The Morgan fingerprint density at radius 1 is 1.82 bits per heavy atom. The molecule has 3 amide bonds. The Bertz CT molecular complexity index is 245. The molecule has 60 valence electrons. The van der Waals surface area contributed by atoms with Crippen LogP contribution in [0.3, 0.4) is 0 Å². The number of rotatable bonds is 1. The maximum Gasteiger partial charge on any atom is 0.354 e. The van der Waals surface area contributed by atoms with Crippen molar-refractivity contribution < 1.29 is 14.7 Å². The zero-order valence-corrected chi connectivity index (χ0v) is 5.81. The number of urea groups is 1. The second kappa shape index (κ2) is 2.03. The first-order chi connectivity index (χ1) is 5.00. The molecule has 0 aliphatic carbocycles. The number of amidine groups is 1. The van der Waals surface area contributed by atoms with Crippen molar-refractivity contribution >= 4 is 18.3 Å². The molecule has 0 bridgehead atoms. The van der Waals surface area contributed by atoms with Crippen molar-refractivity contribution in [1.29, 1.82) is 0 Å². The Labute approximate surface area is 62.3 Å². The van der Waals surface area contributed by atoms with E-state index in [9.17, 15) is 14.7 Å². The van der Waals surface area contributed by atoms with Crippen LogP contribution in [-0.4, -0.2) is 34.0 Å². The summed E-state index contributed by atoms with van der Waals surface area (Å²) in [5.41, 5.74) is 3.38.